The molecule has 1 atom stereocenters. The lowest BCUT2D eigenvalue weighted by Gasteiger charge is -2.25. The number of pyridine rings is 1. The van der Waals surface area contributed by atoms with E-state index in [1.807, 2.05) is 37.3 Å². The molecule has 0 amide bonds. The number of fused-ring (bicyclic) bond motifs is 1. The number of hydrogen-bond acceptors (Lipinski definition) is 3. The molecule has 104 valence electrons. The Labute approximate surface area is 119 Å². The molecule has 3 nitrogen and oxygen atoms in total. The van der Waals surface area contributed by atoms with Gasteiger partial charge in [-0.05, 0) is 50.6 Å². The van der Waals surface area contributed by atoms with Crippen LogP contribution in [-0.4, -0.2) is 23.9 Å². The molecule has 1 unspecified atom stereocenters. The van der Waals surface area contributed by atoms with Crippen molar-refractivity contribution in [3.05, 3.63) is 41.6 Å². The summed E-state index contributed by atoms with van der Waals surface area (Å²) >= 11 is 0. The summed E-state index contributed by atoms with van der Waals surface area (Å²) in [6.45, 7) is 5.83. The summed E-state index contributed by atoms with van der Waals surface area (Å²) in [6, 6.07) is 9.90. The van der Waals surface area contributed by atoms with Gasteiger partial charge >= 0.3 is 0 Å². The third-order valence-corrected chi connectivity index (χ3v) is 4.49. The summed E-state index contributed by atoms with van der Waals surface area (Å²) in [5.74, 6) is 0.271. The predicted molar refractivity (Wildman–Crippen MR) is 81.0 cm³/mol. The Balaban J connectivity index is 2.01. The van der Waals surface area contributed by atoms with E-state index in [0.717, 1.165) is 48.1 Å². The van der Waals surface area contributed by atoms with E-state index >= 15 is 0 Å². The van der Waals surface area contributed by atoms with E-state index in [2.05, 4.69) is 17.2 Å². The van der Waals surface area contributed by atoms with E-state index in [1.54, 1.807) is 0 Å². The van der Waals surface area contributed by atoms with Crippen LogP contribution in [0.1, 0.15) is 35.8 Å². The van der Waals surface area contributed by atoms with Crippen LogP contribution in [0.25, 0.3) is 10.9 Å². The molecular formula is C17H20N2O. The van der Waals surface area contributed by atoms with Crippen LogP contribution in [0.5, 0.6) is 0 Å². The molecule has 1 aromatic carbocycles. The van der Waals surface area contributed by atoms with Gasteiger partial charge in [-0.25, -0.2) is 0 Å². The number of ketones is 1. The normalized spacial score (nSPS) is 22.3. The van der Waals surface area contributed by atoms with Gasteiger partial charge in [0.2, 0.25) is 0 Å². The van der Waals surface area contributed by atoms with Gasteiger partial charge in [0.15, 0.2) is 5.78 Å². The third-order valence-electron chi connectivity index (χ3n) is 4.49. The average molecular weight is 268 g/mol. The van der Waals surface area contributed by atoms with E-state index in [4.69, 9.17) is 0 Å². The largest absolute Gasteiger partial charge is 0.316 e. The third kappa shape index (κ3) is 2.12. The maximum atomic E-state index is 12.9. The number of nitrogens with zero attached hydrogens (tertiary/aromatic N) is 1. The van der Waals surface area contributed by atoms with Crippen LogP contribution in [0, 0.1) is 12.3 Å². The van der Waals surface area contributed by atoms with E-state index in [9.17, 15) is 4.79 Å². The van der Waals surface area contributed by atoms with Gasteiger partial charge in [0.1, 0.15) is 0 Å². The highest BCUT2D eigenvalue weighted by atomic mass is 16.1. The summed E-state index contributed by atoms with van der Waals surface area (Å²) < 4.78 is 0. The van der Waals surface area contributed by atoms with Crippen molar-refractivity contribution in [3.63, 3.8) is 0 Å². The molecule has 3 rings (SSSR count). The molecule has 2 heterocycles. The predicted octanol–water partition coefficient (Wildman–Crippen LogP) is 3.12. The number of aromatic nitrogens is 1. The quantitative estimate of drug-likeness (QED) is 0.870. The first-order chi connectivity index (χ1) is 9.64. The SMILES string of the molecule is CCC1(C(=O)c2ccc3nc(C)ccc3c2)CCNC1. The van der Waals surface area contributed by atoms with Crippen LogP contribution in [0.3, 0.4) is 0 Å². The zero-order valence-corrected chi connectivity index (χ0v) is 12.1. The van der Waals surface area contributed by atoms with Crippen molar-refractivity contribution in [3.8, 4) is 0 Å². The Morgan fingerprint density at radius 2 is 2.20 bits per heavy atom. The second kappa shape index (κ2) is 4.98. The van der Waals surface area contributed by atoms with E-state index < -0.39 is 0 Å². The molecule has 1 saturated heterocycles. The van der Waals surface area contributed by atoms with Crippen molar-refractivity contribution >= 4 is 16.7 Å². The zero-order valence-electron chi connectivity index (χ0n) is 12.1. The first kappa shape index (κ1) is 13.3. The second-order valence-electron chi connectivity index (χ2n) is 5.75. The second-order valence-corrected chi connectivity index (χ2v) is 5.75. The molecule has 1 aliphatic rings. The summed E-state index contributed by atoms with van der Waals surface area (Å²) in [4.78, 5) is 17.3. The summed E-state index contributed by atoms with van der Waals surface area (Å²) in [5.41, 5.74) is 2.55. The Hall–Kier alpha value is -1.74. The Kier molecular flexibility index (Phi) is 3.30. The Bertz CT molecular complexity index is 657. The number of rotatable bonds is 3. The van der Waals surface area contributed by atoms with E-state index in [1.165, 1.54) is 0 Å². The Morgan fingerprint density at radius 3 is 2.90 bits per heavy atom. The highest BCUT2D eigenvalue weighted by molar-refractivity contribution is 6.03. The van der Waals surface area contributed by atoms with Gasteiger partial charge in [-0.2, -0.15) is 0 Å². The van der Waals surface area contributed by atoms with Crippen LogP contribution in [0.15, 0.2) is 30.3 Å². The van der Waals surface area contributed by atoms with Crippen molar-refractivity contribution in [1.82, 2.24) is 10.3 Å². The minimum atomic E-state index is -0.216. The monoisotopic (exact) mass is 268 g/mol. The minimum absolute atomic E-state index is 0.216. The molecule has 0 saturated carbocycles. The van der Waals surface area contributed by atoms with Crippen LogP contribution < -0.4 is 5.32 Å². The number of aryl methyl sites for hydroxylation is 1. The smallest absolute Gasteiger partial charge is 0.170 e. The lowest BCUT2D eigenvalue weighted by Crippen LogP contribution is -2.32. The van der Waals surface area contributed by atoms with Crippen molar-refractivity contribution in [2.45, 2.75) is 26.7 Å². The van der Waals surface area contributed by atoms with E-state index in [-0.39, 0.29) is 11.2 Å². The van der Waals surface area contributed by atoms with Gasteiger partial charge in [-0.3, -0.25) is 9.78 Å². The van der Waals surface area contributed by atoms with Crippen molar-refractivity contribution in [1.29, 1.82) is 0 Å². The zero-order chi connectivity index (χ0) is 14.2. The van der Waals surface area contributed by atoms with Gasteiger partial charge < -0.3 is 5.32 Å². The highest BCUT2D eigenvalue weighted by Crippen LogP contribution is 2.34. The number of hydrogen-bond donors (Lipinski definition) is 1. The van der Waals surface area contributed by atoms with Crippen molar-refractivity contribution in [2.75, 3.05) is 13.1 Å². The lowest BCUT2D eigenvalue weighted by atomic mass is 9.77. The number of carbonyl (C=O) groups is 1. The summed E-state index contributed by atoms with van der Waals surface area (Å²) in [7, 11) is 0. The molecule has 0 aliphatic carbocycles. The maximum absolute atomic E-state index is 12.9. The van der Waals surface area contributed by atoms with Gasteiger partial charge in [0.05, 0.1) is 5.52 Å². The number of nitrogens with one attached hydrogen (secondary N) is 1. The first-order valence-corrected chi connectivity index (χ1v) is 7.27. The highest BCUT2D eigenvalue weighted by Gasteiger charge is 2.39. The maximum Gasteiger partial charge on any atom is 0.170 e. The number of benzene rings is 1. The Morgan fingerprint density at radius 1 is 1.35 bits per heavy atom. The van der Waals surface area contributed by atoms with Gasteiger partial charge in [0, 0.05) is 28.6 Å². The molecule has 0 spiro atoms. The number of Topliss-reactive ketones (excluding diaryl/α,β-unsaturated/α-hetero) is 1. The average Bonchev–Trinajstić information content (AvgIpc) is 2.96. The fourth-order valence-electron chi connectivity index (χ4n) is 3.07. The van der Waals surface area contributed by atoms with Gasteiger partial charge in [-0.15, -0.1) is 0 Å². The first-order valence-electron chi connectivity index (χ1n) is 7.27. The van der Waals surface area contributed by atoms with Crippen molar-refractivity contribution in [2.24, 2.45) is 5.41 Å². The molecule has 0 bridgehead atoms. The molecule has 1 fully saturated rings. The number of carbonyl (C=O) groups excluding carboxylic acids is 1. The fourth-order valence-corrected chi connectivity index (χ4v) is 3.07. The van der Waals surface area contributed by atoms with Gasteiger partial charge in [0.25, 0.3) is 0 Å². The topological polar surface area (TPSA) is 42.0 Å². The molecule has 20 heavy (non-hydrogen) atoms. The van der Waals surface area contributed by atoms with Crippen LogP contribution in [-0.2, 0) is 0 Å². The fraction of sp³-hybridized carbons (Fsp3) is 0.412. The molecule has 1 aliphatic heterocycles. The minimum Gasteiger partial charge on any atom is -0.316 e. The van der Waals surface area contributed by atoms with Gasteiger partial charge in [-0.1, -0.05) is 13.0 Å². The lowest BCUT2D eigenvalue weighted by molar-refractivity contribution is 0.0810. The van der Waals surface area contributed by atoms with Crippen molar-refractivity contribution < 1.29 is 4.79 Å². The molecule has 1 N–H and O–H groups in total. The molecule has 0 radical (unpaired) electrons. The molecule has 3 heteroatoms. The van der Waals surface area contributed by atoms with Crippen LogP contribution >= 0.6 is 0 Å². The van der Waals surface area contributed by atoms with E-state index in [0.29, 0.717) is 0 Å². The molecular weight excluding hydrogens is 248 g/mol. The molecule has 2 aromatic rings. The van der Waals surface area contributed by atoms with Crippen LogP contribution in [0.4, 0.5) is 0 Å². The summed E-state index contributed by atoms with van der Waals surface area (Å²) in [6.07, 6.45) is 1.83. The standard InChI is InChI=1S/C17H20N2O/c1-3-17(8-9-18-11-17)16(20)14-6-7-15-13(10-14)5-4-12(2)19-15/h4-7,10,18H,3,8-9,11H2,1-2H3. The summed E-state index contributed by atoms with van der Waals surface area (Å²) in [5, 5.41) is 4.37. The van der Waals surface area contributed by atoms with Crippen LogP contribution in [0.2, 0.25) is 0 Å². The molecule has 1 aromatic heterocycles.